The molecule has 0 aromatic carbocycles. The first-order valence-electron chi connectivity index (χ1n) is 7.24. The summed E-state index contributed by atoms with van der Waals surface area (Å²) in [6, 6.07) is 1.72. The Morgan fingerprint density at radius 2 is 1.72 bits per heavy atom. The fourth-order valence-corrected chi connectivity index (χ4v) is 3.54. The zero-order chi connectivity index (χ0) is 18.1. The van der Waals surface area contributed by atoms with Gasteiger partial charge in [0.15, 0.2) is 0 Å². The number of amides is 2. The number of nitrogens with one attached hydrogen (secondary N) is 2. The summed E-state index contributed by atoms with van der Waals surface area (Å²) in [5, 5.41) is 15.5. The maximum Gasteiger partial charge on any atom is 0.276 e. The van der Waals surface area contributed by atoms with Gasteiger partial charge in [-0.1, -0.05) is 0 Å². The Kier molecular flexibility index (Phi) is 4.73. The quantitative estimate of drug-likeness (QED) is 0.675. The van der Waals surface area contributed by atoms with Gasteiger partial charge in [0.25, 0.3) is 11.8 Å². The van der Waals surface area contributed by atoms with Crippen molar-refractivity contribution in [3.63, 3.8) is 0 Å². The second kappa shape index (κ2) is 6.81. The SMILES string of the molecule is Cc1c(NC(=O)c2c(NC(=O)c3cc(Br)cs3)cnn2C)cnn1C. The smallest absolute Gasteiger partial charge is 0.276 e. The lowest BCUT2D eigenvalue weighted by molar-refractivity contribution is 0.101. The second-order valence-electron chi connectivity index (χ2n) is 5.34. The minimum atomic E-state index is -0.376. The highest BCUT2D eigenvalue weighted by Crippen LogP contribution is 2.23. The fraction of sp³-hybridized carbons (Fsp3) is 0.200. The lowest BCUT2D eigenvalue weighted by atomic mass is 10.3. The molecule has 0 unspecified atom stereocenters. The molecule has 130 valence electrons. The van der Waals surface area contributed by atoms with Crippen LogP contribution < -0.4 is 10.6 Å². The zero-order valence-corrected chi connectivity index (χ0v) is 16.1. The number of carbonyl (C=O) groups is 2. The van der Waals surface area contributed by atoms with Gasteiger partial charge in [-0.05, 0) is 28.9 Å². The molecule has 0 saturated carbocycles. The van der Waals surface area contributed by atoms with Crippen LogP contribution in [0, 0.1) is 6.92 Å². The molecule has 0 aliphatic heterocycles. The van der Waals surface area contributed by atoms with Crippen LogP contribution in [0.2, 0.25) is 0 Å². The number of halogens is 1. The molecule has 0 radical (unpaired) electrons. The number of aromatic nitrogens is 4. The summed E-state index contributed by atoms with van der Waals surface area (Å²) in [4.78, 5) is 25.5. The number of hydrogen-bond donors (Lipinski definition) is 2. The van der Waals surface area contributed by atoms with E-state index in [4.69, 9.17) is 0 Å². The van der Waals surface area contributed by atoms with Crippen molar-refractivity contribution in [3.8, 4) is 0 Å². The molecule has 3 aromatic rings. The molecule has 2 N–H and O–H groups in total. The van der Waals surface area contributed by atoms with Crippen LogP contribution in [0.25, 0.3) is 0 Å². The van der Waals surface area contributed by atoms with Crippen molar-refractivity contribution in [1.82, 2.24) is 19.6 Å². The molecule has 8 nitrogen and oxygen atoms in total. The van der Waals surface area contributed by atoms with Crippen LogP contribution in [-0.4, -0.2) is 31.4 Å². The topological polar surface area (TPSA) is 93.8 Å². The molecule has 3 rings (SSSR count). The van der Waals surface area contributed by atoms with Crippen LogP contribution in [0.15, 0.2) is 28.3 Å². The summed E-state index contributed by atoms with van der Waals surface area (Å²) < 4.78 is 3.91. The van der Waals surface area contributed by atoms with Crippen molar-refractivity contribution in [1.29, 1.82) is 0 Å². The Labute approximate surface area is 156 Å². The van der Waals surface area contributed by atoms with Gasteiger partial charge in [0.05, 0.1) is 34.3 Å². The molecule has 3 aromatic heterocycles. The van der Waals surface area contributed by atoms with E-state index in [-0.39, 0.29) is 17.5 Å². The molecule has 0 aliphatic rings. The van der Waals surface area contributed by atoms with Crippen molar-refractivity contribution in [2.75, 3.05) is 10.6 Å². The van der Waals surface area contributed by atoms with E-state index in [0.29, 0.717) is 16.3 Å². The first kappa shape index (κ1) is 17.4. The molecule has 0 bridgehead atoms. The van der Waals surface area contributed by atoms with Crippen molar-refractivity contribution < 1.29 is 9.59 Å². The van der Waals surface area contributed by atoms with Gasteiger partial charge in [0.2, 0.25) is 0 Å². The Hall–Kier alpha value is -2.46. The number of carbonyl (C=O) groups excluding carboxylic acids is 2. The van der Waals surface area contributed by atoms with Gasteiger partial charge in [-0.25, -0.2) is 0 Å². The van der Waals surface area contributed by atoms with Gasteiger partial charge in [-0.2, -0.15) is 10.2 Å². The monoisotopic (exact) mass is 422 g/mol. The van der Waals surface area contributed by atoms with Crippen molar-refractivity contribution in [2.45, 2.75) is 6.92 Å². The van der Waals surface area contributed by atoms with E-state index in [2.05, 4.69) is 36.8 Å². The Morgan fingerprint density at radius 1 is 1.08 bits per heavy atom. The minimum Gasteiger partial charge on any atom is -0.318 e. The number of aryl methyl sites for hydroxylation is 2. The van der Waals surface area contributed by atoms with E-state index in [1.165, 1.54) is 22.2 Å². The molecular formula is C15H15BrN6O2S. The van der Waals surface area contributed by atoms with Gasteiger partial charge < -0.3 is 10.6 Å². The van der Waals surface area contributed by atoms with E-state index < -0.39 is 0 Å². The van der Waals surface area contributed by atoms with E-state index >= 15 is 0 Å². The Morgan fingerprint density at radius 3 is 2.32 bits per heavy atom. The van der Waals surface area contributed by atoms with Crippen LogP contribution >= 0.6 is 27.3 Å². The first-order valence-corrected chi connectivity index (χ1v) is 8.91. The second-order valence-corrected chi connectivity index (χ2v) is 7.16. The third kappa shape index (κ3) is 3.49. The summed E-state index contributed by atoms with van der Waals surface area (Å²) in [5.74, 6) is -0.672. The highest BCUT2D eigenvalue weighted by molar-refractivity contribution is 9.10. The van der Waals surface area contributed by atoms with Gasteiger partial charge in [-0.3, -0.25) is 19.0 Å². The predicted octanol–water partition coefficient (Wildman–Crippen LogP) is 2.79. The highest BCUT2D eigenvalue weighted by Gasteiger charge is 2.21. The summed E-state index contributed by atoms with van der Waals surface area (Å²) in [6.07, 6.45) is 3.02. The van der Waals surface area contributed by atoms with Crippen LogP contribution in [0.4, 0.5) is 11.4 Å². The van der Waals surface area contributed by atoms with E-state index in [9.17, 15) is 9.59 Å². The molecule has 0 fully saturated rings. The molecule has 0 spiro atoms. The summed E-state index contributed by atoms with van der Waals surface area (Å²) in [7, 11) is 3.43. The normalized spacial score (nSPS) is 10.7. The maximum atomic E-state index is 12.6. The standard InChI is InChI=1S/C15H15BrN6O2S/c1-8-10(5-17-21(8)2)19-15(24)13-11(6-18-22(13)3)20-14(23)12-4-9(16)7-25-12/h4-7H,1-3H3,(H,19,24)(H,20,23). The molecule has 10 heteroatoms. The number of nitrogens with zero attached hydrogens (tertiary/aromatic N) is 4. The van der Waals surface area contributed by atoms with Gasteiger partial charge in [-0.15, -0.1) is 11.3 Å². The zero-order valence-electron chi connectivity index (χ0n) is 13.7. The van der Waals surface area contributed by atoms with Gasteiger partial charge in [0, 0.05) is 23.9 Å². The van der Waals surface area contributed by atoms with Crippen LogP contribution in [0.3, 0.4) is 0 Å². The van der Waals surface area contributed by atoms with Gasteiger partial charge >= 0.3 is 0 Å². The van der Waals surface area contributed by atoms with Gasteiger partial charge in [0.1, 0.15) is 5.69 Å². The highest BCUT2D eigenvalue weighted by atomic mass is 79.9. The molecule has 0 aliphatic carbocycles. The lowest BCUT2D eigenvalue weighted by Crippen LogP contribution is -2.20. The third-order valence-electron chi connectivity index (χ3n) is 3.68. The molecule has 2 amide bonds. The van der Waals surface area contributed by atoms with Crippen molar-refractivity contribution in [2.24, 2.45) is 14.1 Å². The van der Waals surface area contributed by atoms with Crippen LogP contribution in [0.1, 0.15) is 25.9 Å². The van der Waals surface area contributed by atoms with E-state index in [0.717, 1.165) is 10.2 Å². The molecule has 0 atom stereocenters. The first-order chi connectivity index (χ1) is 11.9. The van der Waals surface area contributed by atoms with Crippen LogP contribution in [-0.2, 0) is 14.1 Å². The largest absolute Gasteiger partial charge is 0.318 e. The Balaban J connectivity index is 1.82. The number of rotatable bonds is 4. The predicted molar refractivity (Wildman–Crippen MR) is 99.1 cm³/mol. The lowest BCUT2D eigenvalue weighted by Gasteiger charge is -2.08. The average Bonchev–Trinajstić information content (AvgIpc) is 3.23. The third-order valence-corrected chi connectivity index (χ3v) is 5.37. The maximum absolute atomic E-state index is 12.6. The molecule has 3 heterocycles. The van der Waals surface area contributed by atoms with Crippen molar-refractivity contribution in [3.05, 3.63) is 44.6 Å². The minimum absolute atomic E-state index is 0.257. The molecule has 25 heavy (non-hydrogen) atoms. The average molecular weight is 423 g/mol. The molecular weight excluding hydrogens is 408 g/mol. The number of thiophene rings is 1. The number of hydrogen-bond acceptors (Lipinski definition) is 5. The van der Waals surface area contributed by atoms with E-state index in [1.807, 2.05) is 12.3 Å². The summed E-state index contributed by atoms with van der Waals surface area (Å²) >= 11 is 4.62. The number of anilines is 2. The molecule has 0 saturated heterocycles. The van der Waals surface area contributed by atoms with E-state index in [1.54, 1.807) is 31.0 Å². The summed E-state index contributed by atoms with van der Waals surface area (Å²) in [5.41, 5.74) is 2.03. The van der Waals surface area contributed by atoms with Crippen LogP contribution in [0.5, 0.6) is 0 Å². The van der Waals surface area contributed by atoms with Crippen molar-refractivity contribution >= 4 is 50.5 Å². The summed E-state index contributed by atoms with van der Waals surface area (Å²) in [6.45, 7) is 1.85. The Bertz CT molecular complexity index is 957. The fourth-order valence-electron chi connectivity index (χ4n) is 2.22.